The summed E-state index contributed by atoms with van der Waals surface area (Å²) in [6.45, 7) is 2.89. The van der Waals surface area contributed by atoms with Crippen molar-refractivity contribution in [1.82, 2.24) is 19.4 Å². The highest BCUT2D eigenvalue weighted by molar-refractivity contribution is 7.89. The van der Waals surface area contributed by atoms with Crippen molar-refractivity contribution in [3.63, 3.8) is 0 Å². The zero-order valence-electron chi connectivity index (χ0n) is 15.3. The molecule has 3 rings (SSSR count). The van der Waals surface area contributed by atoms with Crippen molar-refractivity contribution in [2.45, 2.75) is 32.2 Å². The summed E-state index contributed by atoms with van der Waals surface area (Å²) in [6.07, 6.45) is 6.52. The van der Waals surface area contributed by atoms with Gasteiger partial charge in [-0.25, -0.2) is 13.1 Å². The van der Waals surface area contributed by atoms with Crippen molar-refractivity contribution in [3.05, 3.63) is 18.0 Å². The van der Waals surface area contributed by atoms with Crippen LogP contribution in [0.1, 0.15) is 31.2 Å². The Morgan fingerprint density at radius 1 is 1.27 bits per heavy atom. The summed E-state index contributed by atoms with van der Waals surface area (Å²) < 4.78 is 34.2. The van der Waals surface area contributed by atoms with Crippen molar-refractivity contribution in [2.24, 2.45) is 18.9 Å². The van der Waals surface area contributed by atoms with Gasteiger partial charge in [-0.3, -0.25) is 9.48 Å². The second-order valence-corrected chi connectivity index (χ2v) is 9.13. The molecule has 0 spiro atoms. The van der Waals surface area contributed by atoms with Gasteiger partial charge in [-0.1, -0.05) is 0 Å². The van der Waals surface area contributed by atoms with Crippen LogP contribution in [0, 0.1) is 11.8 Å². The Labute approximate surface area is 154 Å². The smallest absolute Gasteiger partial charge is 0.225 e. The SMILES string of the molecule is Cn1cc(CNS(=O)(=O)CC2CCN(C(=O)C3CCOCC3)CC2)cn1. The summed E-state index contributed by atoms with van der Waals surface area (Å²) in [4.78, 5) is 14.4. The zero-order chi connectivity index (χ0) is 18.6. The van der Waals surface area contributed by atoms with Crippen LogP contribution >= 0.6 is 0 Å². The van der Waals surface area contributed by atoms with Gasteiger partial charge in [-0.15, -0.1) is 0 Å². The van der Waals surface area contributed by atoms with Gasteiger partial charge in [0.05, 0.1) is 11.9 Å². The summed E-state index contributed by atoms with van der Waals surface area (Å²) in [5, 5.41) is 4.03. The van der Waals surface area contributed by atoms with Crippen molar-refractivity contribution >= 4 is 15.9 Å². The number of amides is 1. The van der Waals surface area contributed by atoms with Gasteiger partial charge in [0, 0.05) is 57.6 Å². The lowest BCUT2D eigenvalue weighted by atomic mass is 9.94. The molecule has 0 saturated carbocycles. The average Bonchev–Trinajstić information content (AvgIpc) is 3.06. The van der Waals surface area contributed by atoms with E-state index in [1.54, 1.807) is 24.1 Å². The standard InChI is InChI=1S/C17H28N4O4S/c1-20-12-15(10-18-20)11-19-26(23,24)13-14-2-6-21(7-3-14)17(22)16-4-8-25-9-5-16/h10,12,14,16,19H,2-9,11,13H2,1H3. The molecule has 26 heavy (non-hydrogen) atoms. The molecule has 146 valence electrons. The second kappa shape index (κ2) is 8.49. The molecule has 2 aliphatic heterocycles. The number of ether oxygens (including phenoxy) is 1. The van der Waals surface area contributed by atoms with Crippen LogP contribution in [0.2, 0.25) is 0 Å². The van der Waals surface area contributed by atoms with E-state index in [-0.39, 0.29) is 30.0 Å². The van der Waals surface area contributed by atoms with E-state index < -0.39 is 10.0 Å². The number of aromatic nitrogens is 2. The molecule has 1 amide bonds. The van der Waals surface area contributed by atoms with Gasteiger partial charge in [0.1, 0.15) is 0 Å². The Morgan fingerprint density at radius 2 is 1.96 bits per heavy atom. The third-order valence-electron chi connectivity index (χ3n) is 5.21. The van der Waals surface area contributed by atoms with Gasteiger partial charge in [0.15, 0.2) is 0 Å². The molecule has 8 nitrogen and oxygen atoms in total. The second-order valence-electron chi connectivity index (χ2n) is 7.28. The number of carbonyl (C=O) groups excluding carboxylic acids is 1. The van der Waals surface area contributed by atoms with Crippen LogP contribution in [-0.2, 0) is 33.1 Å². The number of hydrogen-bond acceptors (Lipinski definition) is 5. The number of aryl methyl sites for hydroxylation is 1. The monoisotopic (exact) mass is 384 g/mol. The molecule has 3 heterocycles. The van der Waals surface area contributed by atoms with Gasteiger partial charge in [0.25, 0.3) is 0 Å². The number of nitrogens with one attached hydrogen (secondary N) is 1. The minimum atomic E-state index is -3.34. The summed E-state index contributed by atoms with van der Waals surface area (Å²) >= 11 is 0. The van der Waals surface area contributed by atoms with Crippen LogP contribution in [0.25, 0.3) is 0 Å². The van der Waals surface area contributed by atoms with Crippen LogP contribution in [-0.4, -0.2) is 61.1 Å². The predicted octanol–water partition coefficient (Wildman–Crippen LogP) is 0.505. The van der Waals surface area contributed by atoms with Crippen molar-refractivity contribution in [2.75, 3.05) is 32.1 Å². The summed E-state index contributed by atoms with van der Waals surface area (Å²) in [5.41, 5.74) is 0.841. The number of carbonyl (C=O) groups is 1. The maximum atomic E-state index is 12.5. The average molecular weight is 385 g/mol. The van der Waals surface area contributed by atoms with E-state index in [0.717, 1.165) is 31.2 Å². The number of rotatable bonds is 6. The molecule has 1 N–H and O–H groups in total. The minimum Gasteiger partial charge on any atom is -0.381 e. The summed E-state index contributed by atoms with van der Waals surface area (Å²) in [5.74, 6) is 0.502. The molecule has 0 atom stereocenters. The van der Waals surface area contributed by atoms with Crippen LogP contribution in [0.3, 0.4) is 0 Å². The molecule has 2 saturated heterocycles. The quantitative estimate of drug-likeness (QED) is 0.771. The molecule has 9 heteroatoms. The maximum absolute atomic E-state index is 12.5. The fourth-order valence-corrected chi connectivity index (χ4v) is 5.11. The molecule has 1 aromatic heterocycles. The zero-order valence-corrected chi connectivity index (χ0v) is 16.1. The van der Waals surface area contributed by atoms with E-state index in [1.807, 2.05) is 4.90 Å². The lowest BCUT2D eigenvalue weighted by molar-refractivity contribution is -0.139. The molecule has 1 aromatic rings. The van der Waals surface area contributed by atoms with E-state index >= 15 is 0 Å². The normalized spacial score (nSPS) is 20.4. The van der Waals surface area contributed by atoms with Crippen LogP contribution in [0.15, 0.2) is 12.4 Å². The highest BCUT2D eigenvalue weighted by atomic mass is 32.2. The number of hydrogen-bond donors (Lipinski definition) is 1. The van der Waals surface area contributed by atoms with Crippen molar-refractivity contribution in [3.8, 4) is 0 Å². The Balaban J connectivity index is 1.43. The topological polar surface area (TPSA) is 93.5 Å². The fourth-order valence-electron chi connectivity index (χ4n) is 3.65. The number of sulfonamides is 1. The Hall–Kier alpha value is -1.45. The van der Waals surface area contributed by atoms with E-state index in [2.05, 4.69) is 9.82 Å². The number of likely N-dealkylation sites (tertiary alicyclic amines) is 1. The largest absolute Gasteiger partial charge is 0.381 e. The molecule has 0 radical (unpaired) electrons. The third kappa shape index (κ3) is 5.28. The van der Waals surface area contributed by atoms with Gasteiger partial charge in [0.2, 0.25) is 15.9 Å². The lowest BCUT2D eigenvalue weighted by Gasteiger charge is -2.35. The molecule has 0 unspecified atom stereocenters. The Bertz CT molecular complexity index is 704. The predicted molar refractivity (Wildman–Crippen MR) is 96.7 cm³/mol. The van der Waals surface area contributed by atoms with Crippen LogP contribution in [0.5, 0.6) is 0 Å². The van der Waals surface area contributed by atoms with Crippen molar-refractivity contribution in [1.29, 1.82) is 0 Å². The lowest BCUT2D eigenvalue weighted by Crippen LogP contribution is -2.44. The summed E-state index contributed by atoms with van der Waals surface area (Å²) in [7, 11) is -1.54. The highest BCUT2D eigenvalue weighted by Gasteiger charge is 2.30. The van der Waals surface area contributed by atoms with Gasteiger partial charge in [-0.2, -0.15) is 5.10 Å². The minimum absolute atomic E-state index is 0.0742. The van der Waals surface area contributed by atoms with E-state index in [1.165, 1.54) is 0 Å². The van der Waals surface area contributed by atoms with Gasteiger partial charge >= 0.3 is 0 Å². The highest BCUT2D eigenvalue weighted by Crippen LogP contribution is 2.23. The Kier molecular flexibility index (Phi) is 6.31. The van der Waals surface area contributed by atoms with Gasteiger partial charge in [-0.05, 0) is 31.6 Å². The molecule has 2 fully saturated rings. The molecule has 0 bridgehead atoms. The first kappa shape index (κ1) is 19.3. The van der Waals surface area contributed by atoms with E-state index in [0.29, 0.717) is 26.3 Å². The van der Waals surface area contributed by atoms with Crippen molar-refractivity contribution < 1.29 is 17.9 Å². The molecule has 0 aromatic carbocycles. The number of piperidine rings is 1. The first-order chi connectivity index (χ1) is 12.4. The molecule has 2 aliphatic rings. The molecular formula is C17H28N4O4S. The van der Waals surface area contributed by atoms with Gasteiger partial charge < -0.3 is 9.64 Å². The number of nitrogens with zero attached hydrogens (tertiary/aromatic N) is 3. The third-order valence-corrected chi connectivity index (χ3v) is 6.70. The summed E-state index contributed by atoms with van der Waals surface area (Å²) in [6, 6.07) is 0. The van der Waals surface area contributed by atoms with E-state index in [4.69, 9.17) is 4.74 Å². The molecular weight excluding hydrogens is 356 g/mol. The maximum Gasteiger partial charge on any atom is 0.225 e. The Morgan fingerprint density at radius 3 is 2.58 bits per heavy atom. The fraction of sp³-hybridized carbons (Fsp3) is 0.765. The van der Waals surface area contributed by atoms with Crippen LogP contribution < -0.4 is 4.72 Å². The molecule has 0 aliphatic carbocycles. The first-order valence-electron chi connectivity index (χ1n) is 9.24. The van der Waals surface area contributed by atoms with Crippen LogP contribution in [0.4, 0.5) is 0 Å². The van der Waals surface area contributed by atoms with E-state index in [9.17, 15) is 13.2 Å². The first-order valence-corrected chi connectivity index (χ1v) is 10.9.